The van der Waals surface area contributed by atoms with E-state index in [1.165, 1.54) is 5.56 Å². The van der Waals surface area contributed by atoms with Gasteiger partial charge in [0.25, 0.3) is 0 Å². The summed E-state index contributed by atoms with van der Waals surface area (Å²) in [5.41, 5.74) is 2.37. The van der Waals surface area contributed by atoms with Crippen LogP contribution in [-0.4, -0.2) is 35.8 Å². The number of hydrogen-bond donors (Lipinski definition) is 0. The molecule has 4 rings (SSSR count). The maximum Gasteiger partial charge on any atom is 0.123 e. The minimum atomic E-state index is 0.733. The lowest BCUT2D eigenvalue weighted by molar-refractivity contribution is 0.209. The van der Waals surface area contributed by atoms with Crippen LogP contribution in [0.15, 0.2) is 49.2 Å². The van der Waals surface area contributed by atoms with Gasteiger partial charge in [0.2, 0.25) is 0 Å². The van der Waals surface area contributed by atoms with E-state index in [4.69, 9.17) is 4.98 Å². The summed E-state index contributed by atoms with van der Waals surface area (Å²) in [6.45, 7) is 4.61. The van der Waals surface area contributed by atoms with Gasteiger partial charge >= 0.3 is 0 Å². The number of hydrogen-bond acceptors (Lipinski definition) is 4. The van der Waals surface area contributed by atoms with Crippen LogP contribution < -0.4 is 0 Å². The molecule has 0 saturated heterocycles. The van der Waals surface area contributed by atoms with Crippen molar-refractivity contribution in [2.45, 2.75) is 26.2 Å². The van der Waals surface area contributed by atoms with Crippen molar-refractivity contribution in [1.82, 2.24) is 29.2 Å². The molecule has 0 N–H and O–H groups in total. The van der Waals surface area contributed by atoms with Gasteiger partial charge in [0.1, 0.15) is 5.82 Å². The average Bonchev–Trinajstić information content (AvgIpc) is 3.17. The number of fused-ring (bicyclic) bond motifs is 1. The summed E-state index contributed by atoms with van der Waals surface area (Å²) in [6.07, 6.45) is 9.62. The predicted octanol–water partition coefficient (Wildman–Crippen LogP) is 1.54. The largest absolute Gasteiger partial charge is 0.332 e. The second-order valence-corrected chi connectivity index (χ2v) is 5.61. The summed E-state index contributed by atoms with van der Waals surface area (Å²) in [5, 5.41) is 4.24. The number of rotatable bonds is 4. The normalized spacial score (nSPS) is 14.9. The predicted molar refractivity (Wildman–Crippen MR) is 81.9 cm³/mol. The molecule has 1 aliphatic heterocycles. The Balaban J connectivity index is 1.45. The van der Waals surface area contributed by atoms with E-state index in [2.05, 4.69) is 37.9 Å². The molecule has 0 bridgehead atoms. The van der Waals surface area contributed by atoms with E-state index in [0.717, 1.165) is 44.2 Å². The van der Waals surface area contributed by atoms with Crippen molar-refractivity contribution in [2.24, 2.45) is 0 Å². The molecule has 22 heavy (non-hydrogen) atoms. The highest BCUT2D eigenvalue weighted by Gasteiger charge is 2.18. The van der Waals surface area contributed by atoms with E-state index in [-0.39, 0.29) is 0 Å². The first-order valence-corrected chi connectivity index (χ1v) is 7.50. The van der Waals surface area contributed by atoms with Gasteiger partial charge in [-0.3, -0.25) is 14.6 Å². The summed E-state index contributed by atoms with van der Waals surface area (Å²) in [7, 11) is 0. The third kappa shape index (κ3) is 2.78. The van der Waals surface area contributed by atoms with E-state index in [1.807, 2.05) is 29.3 Å². The summed E-state index contributed by atoms with van der Waals surface area (Å²) in [4.78, 5) is 11.3. The lowest BCUT2D eigenvalue weighted by Gasteiger charge is -2.27. The first-order chi connectivity index (χ1) is 10.9. The fourth-order valence-corrected chi connectivity index (χ4v) is 2.88. The van der Waals surface area contributed by atoms with Gasteiger partial charge in [-0.15, -0.1) is 0 Å². The van der Waals surface area contributed by atoms with Crippen molar-refractivity contribution in [3.05, 3.63) is 66.3 Å². The Morgan fingerprint density at radius 1 is 1.05 bits per heavy atom. The third-order valence-electron chi connectivity index (χ3n) is 3.97. The van der Waals surface area contributed by atoms with Crippen LogP contribution >= 0.6 is 0 Å². The van der Waals surface area contributed by atoms with Crippen LogP contribution in [0.25, 0.3) is 0 Å². The second kappa shape index (κ2) is 5.73. The quantitative estimate of drug-likeness (QED) is 0.732. The standard InChI is InChI=1S/C16H18N6/c1-4-18-22(7-1)12-15-11-21-9-8-20(13-16(21)19-15)10-14-2-5-17-6-3-14/h1-7,11H,8-10,12-13H2. The molecular weight excluding hydrogens is 276 g/mol. The van der Waals surface area contributed by atoms with Crippen molar-refractivity contribution < 1.29 is 0 Å². The molecule has 3 aromatic heterocycles. The van der Waals surface area contributed by atoms with Crippen molar-refractivity contribution in [2.75, 3.05) is 6.54 Å². The molecule has 4 heterocycles. The van der Waals surface area contributed by atoms with Crippen LogP contribution in [0.3, 0.4) is 0 Å². The fraction of sp³-hybridized carbons (Fsp3) is 0.312. The fourth-order valence-electron chi connectivity index (χ4n) is 2.88. The maximum atomic E-state index is 4.77. The third-order valence-corrected chi connectivity index (χ3v) is 3.97. The Kier molecular flexibility index (Phi) is 3.44. The van der Waals surface area contributed by atoms with E-state index >= 15 is 0 Å². The van der Waals surface area contributed by atoms with E-state index in [1.54, 1.807) is 6.20 Å². The van der Waals surface area contributed by atoms with Crippen LogP contribution in [0.2, 0.25) is 0 Å². The molecule has 112 valence electrons. The van der Waals surface area contributed by atoms with Gasteiger partial charge in [-0.25, -0.2) is 4.98 Å². The summed E-state index contributed by atoms with van der Waals surface area (Å²) >= 11 is 0. The number of pyridine rings is 1. The monoisotopic (exact) mass is 294 g/mol. The molecule has 6 nitrogen and oxygen atoms in total. The molecule has 0 aromatic carbocycles. The van der Waals surface area contributed by atoms with E-state index in [0.29, 0.717) is 0 Å². The van der Waals surface area contributed by atoms with Crippen LogP contribution in [0.4, 0.5) is 0 Å². The number of aromatic nitrogens is 5. The zero-order valence-electron chi connectivity index (χ0n) is 12.3. The van der Waals surface area contributed by atoms with Gasteiger partial charge in [0, 0.05) is 50.6 Å². The average molecular weight is 294 g/mol. The minimum Gasteiger partial charge on any atom is -0.332 e. The second-order valence-electron chi connectivity index (χ2n) is 5.61. The Labute approximate surface area is 129 Å². The summed E-state index contributed by atoms with van der Waals surface area (Å²) in [5.74, 6) is 1.14. The molecule has 0 amide bonds. The van der Waals surface area contributed by atoms with Gasteiger partial charge < -0.3 is 4.57 Å². The highest BCUT2D eigenvalue weighted by atomic mass is 15.3. The molecule has 6 heteroatoms. The molecule has 3 aromatic rings. The molecular formula is C16H18N6. The lowest BCUT2D eigenvalue weighted by atomic mass is 10.2. The van der Waals surface area contributed by atoms with Crippen molar-refractivity contribution in [1.29, 1.82) is 0 Å². The maximum absolute atomic E-state index is 4.77. The van der Waals surface area contributed by atoms with Crippen LogP contribution in [0, 0.1) is 0 Å². The van der Waals surface area contributed by atoms with E-state index in [9.17, 15) is 0 Å². The van der Waals surface area contributed by atoms with Crippen molar-refractivity contribution in [3.63, 3.8) is 0 Å². The first-order valence-electron chi connectivity index (χ1n) is 7.50. The Bertz CT molecular complexity index is 731. The molecule has 0 unspecified atom stereocenters. The summed E-state index contributed by atoms with van der Waals surface area (Å²) in [6, 6.07) is 6.08. The van der Waals surface area contributed by atoms with Crippen molar-refractivity contribution >= 4 is 0 Å². The first kappa shape index (κ1) is 13.2. The zero-order chi connectivity index (χ0) is 14.8. The molecule has 0 spiro atoms. The number of nitrogens with zero attached hydrogens (tertiary/aromatic N) is 6. The van der Waals surface area contributed by atoms with Crippen LogP contribution in [-0.2, 0) is 26.2 Å². The lowest BCUT2D eigenvalue weighted by Crippen LogP contribution is -2.33. The number of imidazole rings is 1. The molecule has 0 atom stereocenters. The van der Waals surface area contributed by atoms with E-state index < -0.39 is 0 Å². The van der Waals surface area contributed by atoms with Gasteiger partial charge in [-0.1, -0.05) is 0 Å². The topological polar surface area (TPSA) is 51.8 Å². The Morgan fingerprint density at radius 2 is 1.95 bits per heavy atom. The Hall–Kier alpha value is -2.47. The Morgan fingerprint density at radius 3 is 2.77 bits per heavy atom. The SMILES string of the molecule is c1cnn(Cc2cn3c(n2)CN(Cc2ccncc2)CC3)c1. The van der Waals surface area contributed by atoms with Crippen LogP contribution in [0.5, 0.6) is 0 Å². The molecule has 0 saturated carbocycles. The molecule has 0 radical (unpaired) electrons. The molecule has 0 aliphatic carbocycles. The minimum absolute atomic E-state index is 0.733. The van der Waals surface area contributed by atoms with Gasteiger partial charge in [-0.2, -0.15) is 5.10 Å². The zero-order valence-corrected chi connectivity index (χ0v) is 12.3. The van der Waals surface area contributed by atoms with Gasteiger partial charge in [0.05, 0.1) is 18.8 Å². The van der Waals surface area contributed by atoms with Crippen LogP contribution in [0.1, 0.15) is 17.1 Å². The molecule has 0 fully saturated rings. The smallest absolute Gasteiger partial charge is 0.123 e. The van der Waals surface area contributed by atoms with Gasteiger partial charge in [-0.05, 0) is 23.8 Å². The van der Waals surface area contributed by atoms with Gasteiger partial charge in [0.15, 0.2) is 0 Å². The molecule has 1 aliphatic rings. The highest BCUT2D eigenvalue weighted by Crippen LogP contribution is 2.15. The van der Waals surface area contributed by atoms with Crippen molar-refractivity contribution in [3.8, 4) is 0 Å². The highest BCUT2D eigenvalue weighted by molar-refractivity contribution is 5.11. The summed E-state index contributed by atoms with van der Waals surface area (Å²) < 4.78 is 4.17.